The summed E-state index contributed by atoms with van der Waals surface area (Å²) in [6, 6.07) is 5.70. The van der Waals surface area contributed by atoms with Gasteiger partial charge in [-0.25, -0.2) is 0 Å². The first kappa shape index (κ1) is 19.6. The van der Waals surface area contributed by atoms with Crippen LogP contribution in [-0.2, 0) is 11.2 Å². The Morgan fingerprint density at radius 1 is 1.30 bits per heavy atom. The summed E-state index contributed by atoms with van der Waals surface area (Å²) in [5.74, 6) is 0.646. The molecule has 0 amide bonds. The zero-order chi connectivity index (χ0) is 19.4. The third kappa shape index (κ3) is 4.77. The van der Waals surface area contributed by atoms with Crippen molar-refractivity contribution in [3.05, 3.63) is 29.3 Å². The van der Waals surface area contributed by atoms with Gasteiger partial charge in [0.2, 0.25) is 0 Å². The normalized spacial score (nSPS) is 25.1. The fraction of sp³-hybridized carbons (Fsp3) is 0.550. The van der Waals surface area contributed by atoms with E-state index in [2.05, 4.69) is 4.99 Å². The molecule has 0 aromatic heterocycles. The predicted octanol–water partition coefficient (Wildman–Crippen LogP) is 2.57. The number of hydrogen-bond donors (Lipinski definition) is 2. The van der Waals surface area contributed by atoms with Crippen molar-refractivity contribution in [2.24, 2.45) is 16.6 Å². The number of hydrogen-bond acceptors (Lipinski definition) is 5. The van der Waals surface area contributed by atoms with E-state index in [0.29, 0.717) is 42.5 Å². The highest BCUT2D eigenvalue weighted by Crippen LogP contribution is 2.37. The maximum atomic E-state index is 12.5. The average molecular weight is 370 g/mol. The first-order valence-corrected chi connectivity index (χ1v) is 9.70. The van der Waals surface area contributed by atoms with Crippen LogP contribution in [0.4, 0.5) is 0 Å². The van der Waals surface area contributed by atoms with Gasteiger partial charge in [0.25, 0.3) is 0 Å². The molecular formula is C20H27BN2O4. The van der Waals surface area contributed by atoms with Crippen LogP contribution in [0.5, 0.6) is 5.75 Å². The molecule has 0 spiro atoms. The molecule has 0 bridgehead atoms. The van der Waals surface area contributed by atoms with Gasteiger partial charge in [0.1, 0.15) is 11.5 Å². The summed E-state index contributed by atoms with van der Waals surface area (Å²) in [4.78, 5) is 28.5. The molecular weight excluding hydrogens is 343 g/mol. The van der Waals surface area contributed by atoms with E-state index in [9.17, 15) is 14.6 Å². The van der Waals surface area contributed by atoms with E-state index in [1.165, 1.54) is 13.3 Å². The van der Waals surface area contributed by atoms with Crippen molar-refractivity contribution in [2.75, 3.05) is 0 Å². The van der Waals surface area contributed by atoms with Crippen LogP contribution >= 0.6 is 0 Å². The molecule has 1 fully saturated rings. The van der Waals surface area contributed by atoms with Gasteiger partial charge in [-0.3, -0.25) is 14.6 Å². The number of aliphatic imine (C=N–C) groups is 1. The van der Waals surface area contributed by atoms with Crippen molar-refractivity contribution >= 4 is 25.0 Å². The van der Waals surface area contributed by atoms with Crippen LogP contribution in [0.15, 0.2) is 23.2 Å². The first-order chi connectivity index (χ1) is 13.0. The Hall–Kier alpha value is -2.15. The van der Waals surface area contributed by atoms with Crippen LogP contribution in [0.3, 0.4) is 0 Å². The summed E-state index contributed by atoms with van der Waals surface area (Å²) in [5, 5.41) is 10.4. The average Bonchev–Trinajstić information content (AvgIpc) is 2.63. The summed E-state index contributed by atoms with van der Waals surface area (Å²) in [6.07, 6.45) is 6.68. The molecule has 1 atom stereocenters. The van der Waals surface area contributed by atoms with Crippen molar-refractivity contribution in [3.8, 4) is 5.75 Å². The summed E-state index contributed by atoms with van der Waals surface area (Å²) < 4.78 is 5.62. The molecule has 1 aliphatic carbocycles. The Morgan fingerprint density at radius 2 is 2.04 bits per heavy atom. The quantitative estimate of drug-likeness (QED) is 0.347. The standard InChI is InChI=1S/C20H27BN2O4/c1-13(24)19-4-2-3-15-10-16(21(26)27-20(15)19)11-18(25)9-14-5-7-17(8-6-14)23-12-22/h2-4,12,14,16-17,26H,5-11H2,1H3,(H2,22,23)/t14?,16-,17?/m1/s1. The lowest BCUT2D eigenvalue weighted by atomic mass is 9.64. The minimum absolute atomic E-state index is 0.0943. The molecule has 1 aromatic rings. The Balaban J connectivity index is 1.56. The number of ketones is 2. The highest BCUT2D eigenvalue weighted by molar-refractivity contribution is 6.47. The molecule has 1 aliphatic heterocycles. The SMILES string of the molecule is CC(=O)c1cccc2c1OB(O)[C@@H](CC(=O)CC1CCC(N=CN)CC1)C2. The van der Waals surface area contributed by atoms with Crippen LogP contribution in [-0.4, -0.2) is 36.1 Å². The summed E-state index contributed by atoms with van der Waals surface area (Å²) >= 11 is 0. The Morgan fingerprint density at radius 3 is 2.70 bits per heavy atom. The summed E-state index contributed by atoms with van der Waals surface area (Å²) in [6.45, 7) is 1.48. The molecule has 6 nitrogen and oxygen atoms in total. The molecule has 27 heavy (non-hydrogen) atoms. The topological polar surface area (TPSA) is 102 Å². The minimum atomic E-state index is -1.06. The summed E-state index contributed by atoms with van der Waals surface area (Å²) in [5.41, 5.74) is 6.71. The van der Waals surface area contributed by atoms with Crippen LogP contribution in [0.25, 0.3) is 0 Å². The molecule has 144 valence electrons. The molecule has 3 N–H and O–H groups in total. The lowest BCUT2D eigenvalue weighted by Crippen LogP contribution is -2.36. The van der Waals surface area contributed by atoms with E-state index >= 15 is 0 Å². The Labute approximate surface area is 160 Å². The monoisotopic (exact) mass is 370 g/mol. The van der Waals surface area contributed by atoms with E-state index in [1.807, 2.05) is 12.1 Å². The van der Waals surface area contributed by atoms with Crippen LogP contribution in [0.1, 0.15) is 61.4 Å². The Kier molecular flexibility index (Phi) is 6.32. The first-order valence-electron chi connectivity index (χ1n) is 9.70. The van der Waals surface area contributed by atoms with E-state index in [1.54, 1.807) is 6.07 Å². The van der Waals surface area contributed by atoms with Crippen LogP contribution in [0.2, 0.25) is 5.82 Å². The molecule has 1 aromatic carbocycles. The zero-order valence-corrected chi connectivity index (χ0v) is 15.8. The minimum Gasteiger partial charge on any atom is -0.535 e. The number of carbonyl (C=O) groups is 2. The number of nitrogens with two attached hydrogens (primary N) is 1. The van der Waals surface area contributed by atoms with Gasteiger partial charge in [0, 0.05) is 18.7 Å². The second-order valence-corrected chi connectivity index (χ2v) is 7.74. The fourth-order valence-electron chi connectivity index (χ4n) is 4.25. The van der Waals surface area contributed by atoms with Gasteiger partial charge in [0.15, 0.2) is 5.78 Å². The molecule has 1 saturated carbocycles. The third-order valence-corrected chi connectivity index (χ3v) is 5.72. The van der Waals surface area contributed by atoms with Crippen molar-refractivity contribution in [1.82, 2.24) is 0 Å². The molecule has 3 rings (SSSR count). The number of benzene rings is 1. The number of para-hydroxylation sites is 1. The molecule has 1 heterocycles. The zero-order valence-electron chi connectivity index (χ0n) is 15.8. The van der Waals surface area contributed by atoms with E-state index in [0.717, 1.165) is 31.2 Å². The van der Waals surface area contributed by atoms with Gasteiger partial charge in [-0.1, -0.05) is 12.1 Å². The lowest BCUT2D eigenvalue weighted by Gasteiger charge is -2.29. The molecule has 2 aliphatic rings. The molecule has 0 radical (unpaired) electrons. The van der Waals surface area contributed by atoms with Crippen molar-refractivity contribution in [2.45, 2.75) is 63.7 Å². The van der Waals surface area contributed by atoms with Crippen molar-refractivity contribution in [3.63, 3.8) is 0 Å². The second kappa shape index (κ2) is 8.70. The molecule has 0 unspecified atom stereocenters. The smallest absolute Gasteiger partial charge is 0.526 e. The fourth-order valence-corrected chi connectivity index (χ4v) is 4.25. The highest BCUT2D eigenvalue weighted by atomic mass is 16.5. The number of nitrogens with zero attached hydrogens (tertiary/aromatic N) is 1. The van der Waals surface area contributed by atoms with Gasteiger partial charge in [-0.05, 0) is 56.6 Å². The predicted molar refractivity (Wildman–Crippen MR) is 105 cm³/mol. The van der Waals surface area contributed by atoms with E-state index < -0.39 is 7.12 Å². The third-order valence-electron chi connectivity index (χ3n) is 5.72. The van der Waals surface area contributed by atoms with E-state index in [4.69, 9.17) is 10.4 Å². The summed E-state index contributed by atoms with van der Waals surface area (Å²) in [7, 11) is -1.06. The number of fused-ring (bicyclic) bond motifs is 1. The lowest BCUT2D eigenvalue weighted by molar-refractivity contribution is -0.120. The largest absolute Gasteiger partial charge is 0.535 e. The maximum Gasteiger partial charge on any atom is 0.526 e. The van der Waals surface area contributed by atoms with Gasteiger partial charge in [-0.2, -0.15) is 0 Å². The van der Waals surface area contributed by atoms with Gasteiger partial charge in [-0.15, -0.1) is 0 Å². The van der Waals surface area contributed by atoms with Crippen LogP contribution < -0.4 is 10.4 Å². The van der Waals surface area contributed by atoms with Gasteiger partial charge in [0.05, 0.1) is 17.9 Å². The van der Waals surface area contributed by atoms with Gasteiger partial charge < -0.3 is 15.4 Å². The van der Waals surface area contributed by atoms with E-state index in [-0.39, 0.29) is 17.4 Å². The van der Waals surface area contributed by atoms with Crippen molar-refractivity contribution in [1.29, 1.82) is 0 Å². The molecule has 0 saturated heterocycles. The van der Waals surface area contributed by atoms with Crippen molar-refractivity contribution < 1.29 is 19.3 Å². The maximum absolute atomic E-state index is 12.5. The molecule has 7 heteroatoms. The number of Topliss-reactive ketones (excluding diaryl/α,β-unsaturated/α-hetero) is 2. The van der Waals surface area contributed by atoms with Crippen LogP contribution in [0, 0.1) is 5.92 Å². The number of rotatable bonds is 6. The highest BCUT2D eigenvalue weighted by Gasteiger charge is 2.37. The Bertz CT molecular complexity index is 729. The van der Waals surface area contributed by atoms with Gasteiger partial charge >= 0.3 is 7.12 Å². The number of carbonyl (C=O) groups excluding carboxylic acids is 2. The second-order valence-electron chi connectivity index (χ2n) is 7.74.